The number of halogens is 3. The van der Waals surface area contributed by atoms with Crippen LogP contribution in [-0.2, 0) is 13.1 Å². The zero-order chi connectivity index (χ0) is 24.1. The van der Waals surface area contributed by atoms with Crippen LogP contribution in [0.2, 0.25) is 10.0 Å². The summed E-state index contributed by atoms with van der Waals surface area (Å²) >= 11 is 12.5. The van der Waals surface area contributed by atoms with Crippen molar-refractivity contribution in [1.82, 2.24) is 10.2 Å². The van der Waals surface area contributed by atoms with Crippen LogP contribution in [0.4, 0.5) is 11.5 Å². The van der Waals surface area contributed by atoms with Crippen molar-refractivity contribution in [3.05, 3.63) is 81.5 Å². The quantitative estimate of drug-likeness (QED) is 0.361. The predicted molar refractivity (Wildman–Crippen MR) is 133 cm³/mol. The SMILES string of the molecule is COc1ccc(CNc2cc(C#N)cc3c([NH2+]Cc4ccc(OC)c(Cl)c4)nncc23)cc1Cl.[Cl-]. The topological polar surface area (TPSA) is 96.7 Å². The Morgan fingerprint density at radius 3 is 2.23 bits per heavy atom. The van der Waals surface area contributed by atoms with Crippen molar-refractivity contribution < 1.29 is 27.2 Å². The molecule has 0 unspecified atom stereocenters. The summed E-state index contributed by atoms with van der Waals surface area (Å²) < 4.78 is 10.4. The van der Waals surface area contributed by atoms with Gasteiger partial charge in [-0.2, -0.15) is 10.4 Å². The van der Waals surface area contributed by atoms with Crippen LogP contribution in [0, 0.1) is 11.3 Å². The second-order valence-electron chi connectivity index (χ2n) is 7.53. The molecule has 7 nitrogen and oxygen atoms in total. The zero-order valence-corrected chi connectivity index (χ0v) is 21.2. The van der Waals surface area contributed by atoms with Crippen LogP contribution in [0.1, 0.15) is 16.7 Å². The molecular formula is C25H22Cl3N5O2. The van der Waals surface area contributed by atoms with E-state index in [0.29, 0.717) is 46.0 Å². The van der Waals surface area contributed by atoms with E-state index in [1.54, 1.807) is 20.4 Å². The third-order valence-electron chi connectivity index (χ3n) is 5.38. The summed E-state index contributed by atoms with van der Waals surface area (Å²) in [6.45, 7) is 1.11. The fraction of sp³-hybridized carbons (Fsp3) is 0.160. The maximum Gasteiger partial charge on any atom is 0.252 e. The summed E-state index contributed by atoms with van der Waals surface area (Å²) in [7, 11) is 3.16. The highest BCUT2D eigenvalue weighted by atomic mass is 35.5. The molecule has 0 radical (unpaired) electrons. The number of nitrogens with one attached hydrogen (secondary N) is 1. The molecule has 180 valence electrons. The Bertz CT molecular complexity index is 1390. The van der Waals surface area contributed by atoms with Gasteiger partial charge in [-0.1, -0.05) is 34.4 Å². The maximum atomic E-state index is 9.60. The zero-order valence-electron chi connectivity index (χ0n) is 19.0. The molecule has 0 aliphatic heterocycles. The number of nitriles is 1. The van der Waals surface area contributed by atoms with Gasteiger partial charge in [0.2, 0.25) is 0 Å². The molecule has 3 aromatic carbocycles. The minimum Gasteiger partial charge on any atom is -1.00 e. The van der Waals surface area contributed by atoms with Gasteiger partial charge < -0.3 is 27.2 Å². The summed E-state index contributed by atoms with van der Waals surface area (Å²) in [5.74, 6) is 1.94. The van der Waals surface area contributed by atoms with Crippen molar-refractivity contribution in [2.45, 2.75) is 13.1 Å². The monoisotopic (exact) mass is 529 g/mol. The van der Waals surface area contributed by atoms with Gasteiger partial charge in [-0.05, 0) is 48.0 Å². The number of nitrogens with zero attached hydrogens (tertiary/aromatic N) is 3. The molecule has 0 aliphatic carbocycles. The lowest BCUT2D eigenvalue weighted by atomic mass is 10.1. The minimum absolute atomic E-state index is 0. The molecule has 0 saturated carbocycles. The standard InChI is InChI=1S/C25H21Cl2N5O2.ClH/c1-33-23-5-3-15(8-20(23)26)12-29-22-10-17(11-28)7-18-19(22)14-31-32-25(18)30-13-16-4-6-24(34-2)21(27)9-16;/h3-10,14,29H,12-13H2,1-2H3,(H,30,32);1H. The highest BCUT2D eigenvalue weighted by Gasteiger charge is 2.14. The van der Waals surface area contributed by atoms with Crippen LogP contribution in [0.3, 0.4) is 0 Å². The summed E-state index contributed by atoms with van der Waals surface area (Å²) in [5, 5.41) is 26.3. The molecule has 4 rings (SSSR count). The van der Waals surface area contributed by atoms with Gasteiger partial charge in [-0.3, -0.25) is 5.32 Å². The van der Waals surface area contributed by atoms with Gasteiger partial charge in [0, 0.05) is 23.2 Å². The maximum absolute atomic E-state index is 9.60. The molecule has 0 bridgehead atoms. The molecule has 1 aromatic heterocycles. The van der Waals surface area contributed by atoms with Crippen LogP contribution in [0.5, 0.6) is 11.5 Å². The lowest BCUT2D eigenvalue weighted by Crippen LogP contribution is -3.00. The second-order valence-corrected chi connectivity index (χ2v) is 8.34. The Labute approximate surface area is 219 Å². The average Bonchev–Trinajstić information content (AvgIpc) is 2.86. The predicted octanol–water partition coefficient (Wildman–Crippen LogP) is 1.84. The number of quaternary nitrogens is 1. The molecule has 0 atom stereocenters. The van der Waals surface area contributed by atoms with Crippen molar-refractivity contribution in [2.75, 3.05) is 19.5 Å². The van der Waals surface area contributed by atoms with Gasteiger partial charge in [0.05, 0.1) is 47.5 Å². The molecule has 1 heterocycles. The Morgan fingerprint density at radius 1 is 0.943 bits per heavy atom. The van der Waals surface area contributed by atoms with E-state index in [1.165, 1.54) is 0 Å². The lowest BCUT2D eigenvalue weighted by molar-refractivity contribution is -0.591. The van der Waals surface area contributed by atoms with E-state index in [4.69, 9.17) is 32.7 Å². The second kappa shape index (κ2) is 11.9. The molecule has 0 amide bonds. The molecule has 0 aliphatic rings. The largest absolute Gasteiger partial charge is 1.00 e. The first-order chi connectivity index (χ1) is 16.5. The van der Waals surface area contributed by atoms with Gasteiger partial charge in [0.1, 0.15) is 18.0 Å². The molecule has 0 saturated heterocycles. The molecule has 10 heteroatoms. The summed E-state index contributed by atoms with van der Waals surface area (Å²) in [6, 6.07) is 17.1. The first-order valence-corrected chi connectivity index (χ1v) is 11.2. The van der Waals surface area contributed by atoms with Gasteiger partial charge in [-0.15, -0.1) is 0 Å². The summed E-state index contributed by atoms with van der Waals surface area (Å²) in [4.78, 5) is 0. The lowest BCUT2D eigenvalue weighted by Gasteiger charge is -2.12. The number of anilines is 1. The normalized spacial score (nSPS) is 10.4. The van der Waals surface area contributed by atoms with Crippen LogP contribution in [-0.4, -0.2) is 24.4 Å². The molecule has 4 aromatic rings. The van der Waals surface area contributed by atoms with Crippen LogP contribution in [0.25, 0.3) is 10.8 Å². The van der Waals surface area contributed by atoms with Crippen molar-refractivity contribution >= 4 is 45.5 Å². The van der Waals surface area contributed by atoms with Crippen molar-refractivity contribution in [3.8, 4) is 17.6 Å². The van der Waals surface area contributed by atoms with Gasteiger partial charge >= 0.3 is 0 Å². The Kier molecular flexibility index (Phi) is 8.96. The summed E-state index contributed by atoms with van der Waals surface area (Å²) in [6.07, 6.45) is 1.70. The molecule has 0 spiro atoms. The van der Waals surface area contributed by atoms with E-state index in [2.05, 4.69) is 21.6 Å². The van der Waals surface area contributed by atoms with Crippen molar-refractivity contribution in [3.63, 3.8) is 0 Å². The van der Waals surface area contributed by atoms with Crippen molar-refractivity contribution in [2.24, 2.45) is 0 Å². The van der Waals surface area contributed by atoms with Crippen LogP contribution >= 0.6 is 23.2 Å². The Balaban J connectivity index is 0.00000342. The Hall–Kier alpha value is -3.28. The molecule has 3 N–H and O–H groups in total. The van der Waals surface area contributed by atoms with E-state index in [9.17, 15) is 5.26 Å². The van der Waals surface area contributed by atoms with E-state index in [1.807, 2.05) is 53.8 Å². The summed E-state index contributed by atoms with van der Waals surface area (Å²) in [5.41, 5.74) is 3.30. The smallest absolute Gasteiger partial charge is 0.252 e. The number of methoxy groups -OCH3 is 2. The van der Waals surface area contributed by atoms with Gasteiger partial charge in [0.25, 0.3) is 5.82 Å². The fourth-order valence-electron chi connectivity index (χ4n) is 3.64. The number of ether oxygens (including phenoxy) is 2. The third-order valence-corrected chi connectivity index (χ3v) is 5.97. The molecule has 0 fully saturated rings. The third kappa shape index (κ3) is 6.05. The minimum atomic E-state index is 0. The molecular weight excluding hydrogens is 509 g/mol. The van der Waals surface area contributed by atoms with Crippen molar-refractivity contribution in [1.29, 1.82) is 5.26 Å². The number of hydrogen-bond acceptors (Lipinski definition) is 6. The highest BCUT2D eigenvalue weighted by molar-refractivity contribution is 6.32. The van der Waals surface area contributed by atoms with Crippen LogP contribution < -0.4 is 32.5 Å². The fourth-order valence-corrected chi connectivity index (χ4v) is 4.20. The first-order valence-electron chi connectivity index (χ1n) is 10.4. The number of aromatic nitrogens is 2. The van der Waals surface area contributed by atoms with E-state index in [0.717, 1.165) is 27.6 Å². The number of fused-ring (bicyclic) bond motifs is 1. The number of rotatable bonds is 8. The molecule has 35 heavy (non-hydrogen) atoms. The number of benzene rings is 3. The van der Waals surface area contributed by atoms with Gasteiger partial charge in [-0.25, -0.2) is 0 Å². The average molecular weight is 531 g/mol. The Morgan fingerprint density at radius 2 is 1.60 bits per heavy atom. The van der Waals surface area contributed by atoms with Gasteiger partial charge in [0.15, 0.2) is 0 Å². The van der Waals surface area contributed by atoms with E-state index >= 15 is 0 Å². The highest BCUT2D eigenvalue weighted by Crippen LogP contribution is 2.29. The van der Waals surface area contributed by atoms with Crippen LogP contribution in [0.15, 0.2) is 54.7 Å². The first kappa shape index (κ1) is 26.3. The van der Waals surface area contributed by atoms with E-state index < -0.39 is 0 Å². The van der Waals surface area contributed by atoms with E-state index in [-0.39, 0.29) is 12.4 Å². The number of nitrogens with two attached hydrogens (primary N) is 1. The number of hydrogen-bond donors (Lipinski definition) is 2.